The van der Waals surface area contributed by atoms with Crippen LogP contribution >= 0.6 is 0 Å². The van der Waals surface area contributed by atoms with Gasteiger partial charge in [-0.3, -0.25) is 0 Å². The molecule has 0 aromatic heterocycles. The molecule has 1 N–H and O–H groups in total. The average Bonchev–Trinajstić information content (AvgIpc) is 2.43. The summed E-state index contributed by atoms with van der Waals surface area (Å²) in [4.78, 5) is 12.0. The van der Waals surface area contributed by atoms with Crippen LogP contribution < -0.4 is 5.32 Å². The molecule has 1 atom stereocenters. The molecule has 0 amide bonds. The second kappa shape index (κ2) is 8.70. The standard InChI is InChI=1S/C16H25NO2/c1-4-6-11-17-14(5-2)12-19-16(18)15-10-8-7-9-13(15)3/h7-10,14,17H,4-6,11-12H2,1-3H3. The predicted octanol–water partition coefficient (Wildman–Crippen LogP) is 3.32. The molecule has 0 saturated carbocycles. The Labute approximate surface area is 116 Å². The number of benzene rings is 1. The van der Waals surface area contributed by atoms with Gasteiger partial charge in [0.05, 0.1) is 5.56 Å². The van der Waals surface area contributed by atoms with Gasteiger partial charge in [0.2, 0.25) is 0 Å². The highest BCUT2D eigenvalue weighted by atomic mass is 16.5. The van der Waals surface area contributed by atoms with Crippen LogP contribution in [0.4, 0.5) is 0 Å². The number of aryl methyl sites for hydroxylation is 1. The van der Waals surface area contributed by atoms with Crippen molar-refractivity contribution in [1.29, 1.82) is 0 Å². The summed E-state index contributed by atoms with van der Waals surface area (Å²) >= 11 is 0. The van der Waals surface area contributed by atoms with E-state index in [0.29, 0.717) is 12.2 Å². The zero-order valence-electron chi connectivity index (χ0n) is 12.2. The van der Waals surface area contributed by atoms with E-state index in [1.165, 1.54) is 6.42 Å². The van der Waals surface area contributed by atoms with Crippen molar-refractivity contribution < 1.29 is 9.53 Å². The fourth-order valence-corrected chi connectivity index (χ4v) is 1.86. The van der Waals surface area contributed by atoms with E-state index in [0.717, 1.165) is 24.9 Å². The van der Waals surface area contributed by atoms with Crippen molar-refractivity contribution in [2.24, 2.45) is 0 Å². The first-order valence-electron chi connectivity index (χ1n) is 7.15. The maximum absolute atomic E-state index is 12.0. The Morgan fingerprint density at radius 1 is 1.32 bits per heavy atom. The van der Waals surface area contributed by atoms with Crippen LogP contribution in [0.25, 0.3) is 0 Å². The van der Waals surface area contributed by atoms with Crippen LogP contribution in [-0.2, 0) is 4.74 Å². The van der Waals surface area contributed by atoms with Crippen LogP contribution in [0.3, 0.4) is 0 Å². The van der Waals surface area contributed by atoms with Gasteiger partial charge in [-0.15, -0.1) is 0 Å². The van der Waals surface area contributed by atoms with E-state index in [1.54, 1.807) is 0 Å². The lowest BCUT2D eigenvalue weighted by molar-refractivity contribution is 0.0462. The lowest BCUT2D eigenvalue weighted by Gasteiger charge is -2.17. The van der Waals surface area contributed by atoms with E-state index in [9.17, 15) is 4.79 Å². The molecule has 106 valence electrons. The predicted molar refractivity (Wildman–Crippen MR) is 78.5 cm³/mol. The topological polar surface area (TPSA) is 38.3 Å². The maximum Gasteiger partial charge on any atom is 0.338 e. The molecule has 0 aliphatic carbocycles. The number of nitrogens with one attached hydrogen (secondary N) is 1. The zero-order valence-corrected chi connectivity index (χ0v) is 12.2. The Bertz CT molecular complexity index is 390. The number of carbonyl (C=O) groups is 1. The summed E-state index contributed by atoms with van der Waals surface area (Å²) in [5, 5.41) is 3.41. The van der Waals surface area contributed by atoms with E-state index < -0.39 is 0 Å². The van der Waals surface area contributed by atoms with Gasteiger partial charge in [-0.25, -0.2) is 4.79 Å². The summed E-state index contributed by atoms with van der Waals surface area (Å²) in [5.41, 5.74) is 1.62. The molecule has 19 heavy (non-hydrogen) atoms. The molecule has 0 spiro atoms. The Balaban J connectivity index is 2.42. The monoisotopic (exact) mass is 263 g/mol. The van der Waals surface area contributed by atoms with E-state index in [-0.39, 0.29) is 12.0 Å². The summed E-state index contributed by atoms with van der Waals surface area (Å²) in [6.07, 6.45) is 3.29. The molecule has 3 nitrogen and oxygen atoms in total. The van der Waals surface area contributed by atoms with Crippen molar-refractivity contribution in [3.8, 4) is 0 Å². The van der Waals surface area contributed by atoms with Gasteiger partial charge in [0, 0.05) is 6.04 Å². The maximum atomic E-state index is 12.0. The molecule has 1 unspecified atom stereocenters. The molecule has 0 fully saturated rings. The molecule has 1 aromatic rings. The Kier molecular flexibility index (Phi) is 7.19. The van der Waals surface area contributed by atoms with E-state index in [4.69, 9.17) is 4.74 Å². The van der Waals surface area contributed by atoms with Crippen LogP contribution in [-0.4, -0.2) is 25.2 Å². The summed E-state index contributed by atoms with van der Waals surface area (Å²) in [5.74, 6) is -0.228. The molecule has 0 heterocycles. The third-order valence-electron chi connectivity index (χ3n) is 3.24. The SMILES string of the molecule is CCCCNC(CC)COC(=O)c1ccccc1C. The van der Waals surface area contributed by atoms with Gasteiger partial charge in [-0.05, 0) is 37.9 Å². The molecule has 0 saturated heterocycles. The van der Waals surface area contributed by atoms with Crippen LogP contribution in [0, 0.1) is 6.92 Å². The lowest BCUT2D eigenvalue weighted by Crippen LogP contribution is -2.34. The summed E-state index contributed by atoms with van der Waals surface area (Å²) in [6.45, 7) is 7.61. The molecular weight excluding hydrogens is 238 g/mol. The number of rotatable bonds is 8. The molecular formula is C16H25NO2. The minimum absolute atomic E-state index is 0.228. The second-order valence-electron chi connectivity index (χ2n) is 4.83. The molecule has 0 bridgehead atoms. The van der Waals surface area contributed by atoms with Gasteiger partial charge in [0.25, 0.3) is 0 Å². The van der Waals surface area contributed by atoms with E-state index in [2.05, 4.69) is 19.2 Å². The summed E-state index contributed by atoms with van der Waals surface area (Å²) < 4.78 is 5.39. The number of carbonyl (C=O) groups excluding carboxylic acids is 1. The average molecular weight is 263 g/mol. The van der Waals surface area contributed by atoms with Gasteiger partial charge in [0.1, 0.15) is 6.61 Å². The number of hydrogen-bond acceptors (Lipinski definition) is 3. The first kappa shape index (κ1) is 15.7. The van der Waals surface area contributed by atoms with Crippen molar-refractivity contribution in [2.45, 2.75) is 46.1 Å². The van der Waals surface area contributed by atoms with Gasteiger partial charge in [-0.1, -0.05) is 38.5 Å². The van der Waals surface area contributed by atoms with Crippen LogP contribution in [0.2, 0.25) is 0 Å². The Morgan fingerprint density at radius 3 is 2.68 bits per heavy atom. The van der Waals surface area contributed by atoms with Crippen molar-refractivity contribution in [2.75, 3.05) is 13.2 Å². The van der Waals surface area contributed by atoms with Crippen molar-refractivity contribution >= 4 is 5.97 Å². The lowest BCUT2D eigenvalue weighted by atomic mass is 10.1. The van der Waals surface area contributed by atoms with Crippen LogP contribution in [0.5, 0.6) is 0 Å². The van der Waals surface area contributed by atoms with Crippen LogP contribution in [0.1, 0.15) is 49.0 Å². The second-order valence-corrected chi connectivity index (χ2v) is 4.83. The fourth-order valence-electron chi connectivity index (χ4n) is 1.86. The third kappa shape index (κ3) is 5.43. The summed E-state index contributed by atoms with van der Waals surface area (Å²) in [7, 11) is 0. The van der Waals surface area contributed by atoms with Gasteiger partial charge < -0.3 is 10.1 Å². The first-order valence-corrected chi connectivity index (χ1v) is 7.15. The van der Waals surface area contributed by atoms with E-state index in [1.807, 2.05) is 31.2 Å². The third-order valence-corrected chi connectivity index (χ3v) is 3.24. The summed E-state index contributed by atoms with van der Waals surface area (Å²) in [6, 6.07) is 7.77. The largest absolute Gasteiger partial charge is 0.460 e. The van der Waals surface area contributed by atoms with Crippen molar-refractivity contribution in [3.05, 3.63) is 35.4 Å². The van der Waals surface area contributed by atoms with Crippen molar-refractivity contribution in [3.63, 3.8) is 0 Å². The molecule has 3 heteroatoms. The normalized spacial score (nSPS) is 12.2. The van der Waals surface area contributed by atoms with E-state index >= 15 is 0 Å². The van der Waals surface area contributed by atoms with Gasteiger partial charge in [0.15, 0.2) is 0 Å². The number of esters is 1. The first-order chi connectivity index (χ1) is 9.19. The Morgan fingerprint density at radius 2 is 2.05 bits per heavy atom. The fraction of sp³-hybridized carbons (Fsp3) is 0.562. The van der Waals surface area contributed by atoms with Gasteiger partial charge in [-0.2, -0.15) is 0 Å². The minimum atomic E-state index is -0.228. The highest BCUT2D eigenvalue weighted by Gasteiger charge is 2.12. The molecule has 1 rings (SSSR count). The molecule has 0 radical (unpaired) electrons. The smallest absolute Gasteiger partial charge is 0.338 e. The zero-order chi connectivity index (χ0) is 14.1. The number of unbranched alkanes of at least 4 members (excludes halogenated alkanes) is 1. The van der Waals surface area contributed by atoms with Gasteiger partial charge >= 0.3 is 5.97 Å². The quantitative estimate of drug-likeness (QED) is 0.577. The highest BCUT2D eigenvalue weighted by molar-refractivity contribution is 5.90. The molecule has 1 aromatic carbocycles. The highest BCUT2D eigenvalue weighted by Crippen LogP contribution is 2.09. The van der Waals surface area contributed by atoms with Crippen molar-refractivity contribution in [1.82, 2.24) is 5.32 Å². The van der Waals surface area contributed by atoms with Crippen LogP contribution in [0.15, 0.2) is 24.3 Å². The molecule has 0 aliphatic heterocycles. The molecule has 0 aliphatic rings. The number of hydrogen-bond donors (Lipinski definition) is 1. The minimum Gasteiger partial charge on any atom is -0.460 e. The number of ether oxygens (including phenoxy) is 1. The Hall–Kier alpha value is -1.35.